The van der Waals surface area contributed by atoms with Gasteiger partial charge in [0.15, 0.2) is 0 Å². The van der Waals surface area contributed by atoms with E-state index in [-0.39, 0.29) is 61.3 Å². The minimum Gasteiger partial charge on any atom is -0.348 e. The molecule has 1 saturated heterocycles. The highest BCUT2D eigenvalue weighted by molar-refractivity contribution is 5.96. The summed E-state index contributed by atoms with van der Waals surface area (Å²) in [4.78, 5) is 67.1. The Labute approximate surface area is 270 Å². The predicted molar refractivity (Wildman–Crippen MR) is 174 cm³/mol. The van der Waals surface area contributed by atoms with Gasteiger partial charge in [-0.2, -0.15) is 0 Å². The molecule has 2 aromatic carbocycles. The molecule has 2 aromatic rings. The average Bonchev–Trinajstić information content (AvgIpc) is 3.49. The lowest BCUT2D eigenvalue weighted by molar-refractivity contribution is -0.147. The van der Waals surface area contributed by atoms with E-state index >= 15 is 0 Å². The zero-order valence-electron chi connectivity index (χ0n) is 27.2. The molecule has 5 atom stereocenters. The number of aryl methyl sites for hydroxylation is 1. The van der Waals surface area contributed by atoms with Crippen molar-refractivity contribution < 1.29 is 24.0 Å². The SMILES string of the molecule is CNCC(=O)NC(C(=O)N1Cc2cc(C(=O)N[C@@H]3CN[C@H](C=O)C3)ccc2C[C@H]1C(=O)N[C@@H]1CCCc2ccccc21)C(C)(C)C. The molecule has 1 fully saturated rings. The summed E-state index contributed by atoms with van der Waals surface area (Å²) in [7, 11) is 1.66. The van der Waals surface area contributed by atoms with Crippen molar-refractivity contribution >= 4 is 29.9 Å². The maximum atomic E-state index is 14.4. The number of rotatable bonds is 9. The van der Waals surface area contributed by atoms with Crippen LogP contribution in [0.3, 0.4) is 0 Å². The second kappa shape index (κ2) is 14.1. The molecule has 1 aliphatic carbocycles. The first-order valence-corrected chi connectivity index (χ1v) is 16.2. The first-order valence-electron chi connectivity index (χ1n) is 16.2. The fourth-order valence-corrected chi connectivity index (χ4v) is 6.80. The first-order chi connectivity index (χ1) is 22.0. The maximum absolute atomic E-state index is 14.4. The molecule has 2 heterocycles. The van der Waals surface area contributed by atoms with Crippen molar-refractivity contribution in [2.45, 2.75) is 89.6 Å². The van der Waals surface area contributed by atoms with Gasteiger partial charge in [-0.05, 0) is 72.5 Å². The van der Waals surface area contributed by atoms with Crippen LogP contribution in [0.15, 0.2) is 42.5 Å². The molecule has 11 heteroatoms. The Bertz CT molecular complexity index is 1490. The van der Waals surface area contributed by atoms with Crippen LogP contribution in [0.25, 0.3) is 0 Å². The van der Waals surface area contributed by atoms with Gasteiger partial charge in [-0.25, -0.2) is 0 Å². The molecule has 0 saturated carbocycles. The number of likely N-dealkylation sites (N-methyl/N-ethyl adjacent to an activating group) is 1. The van der Waals surface area contributed by atoms with Crippen LogP contribution in [-0.2, 0) is 38.6 Å². The number of benzene rings is 2. The molecule has 246 valence electrons. The highest BCUT2D eigenvalue weighted by Crippen LogP contribution is 2.32. The Morgan fingerprint density at radius 3 is 2.54 bits per heavy atom. The third kappa shape index (κ3) is 7.47. The standard InChI is InChI=1S/C35H46N6O5/c1-35(2,3)31(40-30(43)18-36-4)34(46)41-19-24-14-23(32(44)38-25-16-26(20-42)37-17-25)13-12-22(24)15-29(41)33(45)39-28-11-7-9-21-8-5-6-10-27(21)28/h5-6,8,10,12-14,20,25-26,28-29,31,36-37H,7,9,11,15-19H2,1-4H3,(H,38,44)(H,39,45)(H,40,43)/t25-,26-,28+,29-,31?/m0/s1. The van der Waals surface area contributed by atoms with Crippen LogP contribution >= 0.6 is 0 Å². The second-order valence-electron chi connectivity index (χ2n) is 13.8. The monoisotopic (exact) mass is 630 g/mol. The van der Waals surface area contributed by atoms with Crippen LogP contribution in [0.1, 0.15) is 78.7 Å². The van der Waals surface area contributed by atoms with Gasteiger partial charge < -0.3 is 36.3 Å². The lowest BCUT2D eigenvalue weighted by Gasteiger charge is -2.41. The first kappa shape index (κ1) is 33.3. The fraction of sp³-hybridized carbons (Fsp3) is 0.514. The summed E-state index contributed by atoms with van der Waals surface area (Å²) >= 11 is 0. The molecule has 5 N–H and O–H groups in total. The molecular weight excluding hydrogens is 584 g/mol. The van der Waals surface area contributed by atoms with Crippen LogP contribution in [0.4, 0.5) is 0 Å². The normalized spacial score (nSPS) is 23.0. The smallest absolute Gasteiger partial charge is 0.251 e. The van der Waals surface area contributed by atoms with Gasteiger partial charge in [0, 0.05) is 31.1 Å². The minimum absolute atomic E-state index is 0.0519. The quantitative estimate of drug-likeness (QED) is 0.264. The molecule has 46 heavy (non-hydrogen) atoms. The van der Waals surface area contributed by atoms with Gasteiger partial charge in [0.1, 0.15) is 18.4 Å². The number of hydrogen-bond acceptors (Lipinski definition) is 7. The van der Waals surface area contributed by atoms with E-state index in [0.717, 1.165) is 42.2 Å². The van der Waals surface area contributed by atoms with Gasteiger partial charge in [-0.15, -0.1) is 0 Å². The highest BCUT2D eigenvalue weighted by atomic mass is 16.2. The van der Waals surface area contributed by atoms with Crippen molar-refractivity contribution in [2.24, 2.45) is 5.41 Å². The summed E-state index contributed by atoms with van der Waals surface area (Å²) in [5, 5.41) is 15.0. The van der Waals surface area contributed by atoms with E-state index in [0.29, 0.717) is 18.5 Å². The summed E-state index contributed by atoms with van der Waals surface area (Å²) in [6.45, 7) is 6.33. The van der Waals surface area contributed by atoms with Crippen molar-refractivity contribution in [3.05, 3.63) is 70.3 Å². The van der Waals surface area contributed by atoms with Crippen molar-refractivity contribution in [2.75, 3.05) is 20.1 Å². The molecule has 5 rings (SSSR count). The molecule has 3 aliphatic rings. The summed E-state index contributed by atoms with van der Waals surface area (Å²) in [6.07, 6.45) is 4.39. The highest BCUT2D eigenvalue weighted by Gasteiger charge is 2.42. The van der Waals surface area contributed by atoms with Crippen molar-refractivity contribution in [1.29, 1.82) is 0 Å². The van der Waals surface area contributed by atoms with Gasteiger partial charge in [0.2, 0.25) is 17.7 Å². The summed E-state index contributed by atoms with van der Waals surface area (Å²) in [5.41, 5.74) is 3.80. The Morgan fingerprint density at radius 1 is 1.04 bits per heavy atom. The summed E-state index contributed by atoms with van der Waals surface area (Å²) in [5.74, 6) is -1.17. The van der Waals surface area contributed by atoms with Gasteiger partial charge in [-0.1, -0.05) is 51.1 Å². The largest absolute Gasteiger partial charge is 0.348 e. The van der Waals surface area contributed by atoms with Crippen molar-refractivity contribution in [3.8, 4) is 0 Å². The van der Waals surface area contributed by atoms with Crippen LogP contribution in [-0.4, -0.2) is 79.1 Å². The minimum atomic E-state index is -0.882. The number of aldehydes is 1. The molecule has 0 radical (unpaired) electrons. The van der Waals surface area contributed by atoms with Crippen molar-refractivity contribution in [1.82, 2.24) is 31.5 Å². The van der Waals surface area contributed by atoms with Crippen LogP contribution in [0.2, 0.25) is 0 Å². The molecule has 0 spiro atoms. The number of amides is 4. The van der Waals surface area contributed by atoms with E-state index in [1.807, 2.05) is 39.0 Å². The average molecular weight is 631 g/mol. The van der Waals surface area contributed by atoms with Gasteiger partial charge in [-0.3, -0.25) is 19.2 Å². The molecular formula is C35H46N6O5. The zero-order valence-corrected chi connectivity index (χ0v) is 27.2. The lowest BCUT2D eigenvalue weighted by Crippen LogP contribution is -2.61. The number of nitrogens with one attached hydrogen (secondary N) is 5. The van der Waals surface area contributed by atoms with E-state index in [4.69, 9.17) is 0 Å². The van der Waals surface area contributed by atoms with Crippen LogP contribution in [0.5, 0.6) is 0 Å². The number of hydrogen-bond donors (Lipinski definition) is 5. The Balaban J connectivity index is 1.43. The van der Waals surface area contributed by atoms with E-state index in [2.05, 4.69) is 38.7 Å². The van der Waals surface area contributed by atoms with Gasteiger partial charge in [0.25, 0.3) is 5.91 Å². The van der Waals surface area contributed by atoms with E-state index in [9.17, 15) is 24.0 Å². The number of carbonyl (C=O) groups excluding carboxylic acids is 5. The zero-order chi connectivity index (χ0) is 33.0. The molecule has 1 unspecified atom stereocenters. The Kier molecular flexibility index (Phi) is 10.2. The number of fused-ring (bicyclic) bond motifs is 2. The van der Waals surface area contributed by atoms with Crippen LogP contribution < -0.4 is 26.6 Å². The second-order valence-corrected chi connectivity index (χ2v) is 13.8. The number of nitrogens with zero attached hydrogens (tertiary/aromatic N) is 1. The summed E-state index contributed by atoms with van der Waals surface area (Å²) in [6, 6.07) is 11.3. The molecule has 11 nitrogen and oxygen atoms in total. The third-order valence-electron chi connectivity index (χ3n) is 9.29. The lowest BCUT2D eigenvalue weighted by atomic mass is 9.83. The van der Waals surface area contributed by atoms with Gasteiger partial charge >= 0.3 is 0 Å². The van der Waals surface area contributed by atoms with E-state index in [1.165, 1.54) is 5.56 Å². The maximum Gasteiger partial charge on any atom is 0.251 e. The topological polar surface area (TPSA) is 149 Å². The van der Waals surface area contributed by atoms with Crippen molar-refractivity contribution in [3.63, 3.8) is 0 Å². The van der Waals surface area contributed by atoms with Crippen LogP contribution in [0, 0.1) is 5.41 Å². The van der Waals surface area contributed by atoms with E-state index < -0.39 is 17.5 Å². The molecule has 0 aromatic heterocycles. The Morgan fingerprint density at radius 2 is 1.83 bits per heavy atom. The predicted octanol–water partition coefficient (Wildman–Crippen LogP) is 1.54. The van der Waals surface area contributed by atoms with E-state index in [1.54, 1.807) is 24.1 Å². The fourth-order valence-electron chi connectivity index (χ4n) is 6.80. The third-order valence-corrected chi connectivity index (χ3v) is 9.29. The molecule has 4 amide bonds. The van der Waals surface area contributed by atoms with Gasteiger partial charge in [0.05, 0.1) is 18.6 Å². The molecule has 2 aliphatic heterocycles. The Hall–Kier alpha value is -4.09. The molecule has 0 bridgehead atoms. The summed E-state index contributed by atoms with van der Waals surface area (Å²) < 4.78 is 0. The number of carbonyl (C=O) groups is 5.